The van der Waals surface area contributed by atoms with Crippen LogP contribution in [0.1, 0.15) is 41.6 Å². The van der Waals surface area contributed by atoms with E-state index in [2.05, 4.69) is 19.2 Å². The number of furan rings is 1. The molecule has 0 radical (unpaired) electrons. The molecule has 108 valence electrons. The quantitative estimate of drug-likeness (QED) is 0.868. The van der Waals surface area contributed by atoms with Crippen LogP contribution in [0.25, 0.3) is 11.0 Å². The number of rotatable bonds is 4. The zero-order valence-corrected chi connectivity index (χ0v) is 12.6. The second-order valence-electron chi connectivity index (χ2n) is 5.36. The first-order valence-electron chi connectivity index (χ1n) is 6.77. The highest BCUT2D eigenvalue weighted by Crippen LogP contribution is 2.30. The molecule has 2 aromatic rings. The Morgan fingerprint density at radius 1 is 1.30 bits per heavy atom. The minimum absolute atomic E-state index is 0.156. The van der Waals surface area contributed by atoms with Crippen LogP contribution in [0.2, 0.25) is 0 Å². The maximum absolute atomic E-state index is 11.6. The van der Waals surface area contributed by atoms with Crippen molar-refractivity contribution in [2.24, 2.45) is 5.92 Å². The molecule has 0 aliphatic rings. The Kier molecular flexibility index (Phi) is 4.14. The van der Waals surface area contributed by atoms with Gasteiger partial charge in [-0.15, -0.1) is 0 Å². The number of hydrogen-bond donors (Lipinski definition) is 1. The van der Waals surface area contributed by atoms with E-state index in [1.165, 1.54) is 7.11 Å². The zero-order valence-electron chi connectivity index (χ0n) is 12.6. The first kappa shape index (κ1) is 14.6. The number of nitrogens with one attached hydrogen (secondary N) is 1. The number of hydrogen-bond acceptors (Lipinski definition) is 4. The molecule has 1 N–H and O–H groups in total. The number of carbonyl (C=O) groups is 1. The van der Waals surface area contributed by atoms with Gasteiger partial charge in [-0.2, -0.15) is 0 Å². The summed E-state index contributed by atoms with van der Waals surface area (Å²) in [5.41, 5.74) is 2.32. The van der Waals surface area contributed by atoms with Crippen LogP contribution in [0.15, 0.2) is 22.6 Å². The molecule has 1 unspecified atom stereocenters. The molecule has 0 aliphatic heterocycles. The fourth-order valence-electron chi connectivity index (χ4n) is 2.54. The molecule has 0 fully saturated rings. The van der Waals surface area contributed by atoms with Gasteiger partial charge < -0.3 is 14.5 Å². The van der Waals surface area contributed by atoms with Crippen LogP contribution in [0.3, 0.4) is 0 Å². The summed E-state index contributed by atoms with van der Waals surface area (Å²) in [7, 11) is 3.31. The lowest BCUT2D eigenvalue weighted by Gasteiger charge is -2.17. The maximum atomic E-state index is 11.6. The summed E-state index contributed by atoms with van der Waals surface area (Å²) in [4.78, 5) is 11.6. The van der Waals surface area contributed by atoms with Crippen molar-refractivity contribution >= 4 is 16.9 Å². The molecular weight excluding hydrogens is 254 g/mol. The smallest absolute Gasteiger partial charge is 0.337 e. The third-order valence-corrected chi connectivity index (χ3v) is 3.53. The lowest BCUT2D eigenvalue weighted by atomic mass is 10.0. The average Bonchev–Trinajstić information content (AvgIpc) is 2.82. The number of methoxy groups -OCH3 is 1. The Morgan fingerprint density at radius 2 is 2.00 bits per heavy atom. The molecule has 4 heteroatoms. The lowest BCUT2D eigenvalue weighted by Crippen LogP contribution is -2.20. The average molecular weight is 275 g/mol. The van der Waals surface area contributed by atoms with Gasteiger partial charge in [0.1, 0.15) is 11.3 Å². The number of esters is 1. The Morgan fingerprint density at radius 3 is 2.55 bits per heavy atom. The SMILES string of the molecule is CNC(c1cc2cc(C(=O)OC)cc(C)c2o1)C(C)C. The molecule has 4 nitrogen and oxygen atoms in total. The van der Waals surface area contributed by atoms with Crippen LogP contribution in [0, 0.1) is 12.8 Å². The van der Waals surface area contributed by atoms with Crippen molar-refractivity contribution in [1.29, 1.82) is 0 Å². The number of benzene rings is 1. The van der Waals surface area contributed by atoms with Crippen molar-refractivity contribution in [3.63, 3.8) is 0 Å². The number of fused-ring (bicyclic) bond motifs is 1. The second kappa shape index (κ2) is 5.67. The molecule has 1 aromatic carbocycles. The Balaban J connectivity index is 2.53. The first-order valence-corrected chi connectivity index (χ1v) is 6.77. The van der Waals surface area contributed by atoms with Gasteiger partial charge in [-0.25, -0.2) is 4.79 Å². The molecule has 0 saturated heterocycles. The third kappa shape index (κ3) is 2.56. The predicted molar refractivity (Wildman–Crippen MR) is 78.9 cm³/mol. The molecule has 0 bridgehead atoms. The maximum Gasteiger partial charge on any atom is 0.337 e. The van der Waals surface area contributed by atoms with Gasteiger partial charge in [-0.05, 0) is 43.7 Å². The molecular formula is C16H21NO3. The van der Waals surface area contributed by atoms with Gasteiger partial charge >= 0.3 is 5.97 Å². The second-order valence-corrected chi connectivity index (χ2v) is 5.36. The zero-order chi connectivity index (χ0) is 14.9. The van der Waals surface area contributed by atoms with E-state index in [9.17, 15) is 4.79 Å². The Hall–Kier alpha value is -1.81. The lowest BCUT2D eigenvalue weighted by molar-refractivity contribution is 0.0601. The first-order chi connectivity index (χ1) is 9.47. The third-order valence-electron chi connectivity index (χ3n) is 3.53. The van der Waals surface area contributed by atoms with Crippen LogP contribution in [0.5, 0.6) is 0 Å². The Bertz CT molecular complexity index is 628. The van der Waals surface area contributed by atoms with Gasteiger partial charge in [0, 0.05) is 5.39 Å². The van der Waals surface area contributed by atoms with Crippen LogP contribution < -0.4 is 5.32 Å². The van der Waals surface area contributed by atoms with Crippen LogP contribution in [0.4, 0.5) is 0 Å². The highest BCUT2D eigenvalue weighted by atomic mass is 16.5. The number of aryl methyl sites for hydroxylation is 1. The largest absolute Gasteiger partial charge is 0.465 e. The minimum atomic E-state index is -0.327. The van der Waals surface area contributed by atoms with Crippen LogP contribution in [-0.4, -0.2) is 20.1 Å². The van der Waals surface area contributed by atoms with E-state index < -0.39 is 0 Å². The van der Waals surface area contributed by atoms with Crippen molar-refractivity contribution < 1.29 is 13.9 Å². The highest BCUT2D eigenvalue weighted by Gasteiger charge is 2.19. The van der Waals surface area contributed by atoms with Crippen molar-refractivity contribution in [2.45, 2.75) is 26.8 Å². The summed E-state index contributed by atoms with van der Waals surface area (Å²) in [5.74, 6) is 0.982. The Labute approximate surface area is 119 Å². The summed E-state index contributed by atoms with van der Waals surface area (Å²) >= 11 is 0. The minimum Gasteiger partial charge on any atom is -0.465 e. The predicted octanol–water partition coefficient (Wildman–Crippen LogP) is 3.44. The summed E-state index contributed by atoms with van der Waals surface area (Å²) in [5, 5.41) is 4.19. The topological polar surface area (TPSA) is 51.5 Å². The van der Waals surface area contributed by atoms with E-state index in [1.54, 1.807) is 6.07 Å². The molecule has 20 heavy (non-hydrogen) atoms. The number of carbonyl (C=O) groups excluding carboxylic acids is 1. The van der Waals surface area contributed by atoms with Crippen molar-refractivity contribution in [3.8, 4) is 0 Å². The van der Waals surface area contributed by atoms with E-state index in [0.717, 1.165) is 22.3 Å². The summed E-state index contributed by atoms with van der Waals surface area (Å²) in [6, 6.07) is 5.76. The molecule has 1 heterocycles. The molecule has 0 aliphatic carbocycles. The molecule has 0 saturated carbocycles. The van der Waals surface area contributed by atoms with E-state index in [1.807, 2.05) is 26.1 Å². The van der Waals surface area contributed by atoms with Gasteiger partial charge in [-0.1, -0.05) is 13.8 Å². The van der Waals surface area contributed by atoms with Crippen molar-refractivity contribution in [1.82, 2.24) is 5.32 Å². The van der Waals surface area contributed by atoms with Crippen LogP contribution in [-0.2, 0) is 4.74 Å². The number of ether oxygens (including phenoxy) is 1. The fraction of sp³-hybridized carbons (Fsp3) is 0.438. The molecule has 1 aromatic heterocycles. The van der Waals surface area contributed by atoms with E-state index in [-0.39, 0.29) is 12.0 Å². The molecule has 1 atom stereocenters. The van der Waals surface area contributed by atoms with Crippen molar-refractivity contribution in [3.05, 3.63) is 35.1 Å². The van der Waals surface area contributed by atoms with Gasteiger partial charge in [0.05, 0.1) is 18.7 Å². The molecule has 0 amide bonds. The fourth-order valence-corrected chi connectivity index (χ4v) is 2.54. The van der Waals surface area contributed by atoms with Crippen molar-refractivity contribution in [2.75, 3.05) is 14.2 Å². The van der Waals surface area contributed by atoms with Gasteiger partial charge in [0.25, 0.3) is 0 Å². The van der Waals surface area contributed by atoms with Gasteiger partial charge in [-0.3, -0.25) is 0 Å². The molecule has 0 spiro atoms. The van der Waals surface area contributed by atoms with E-state index >= 15 is 0 Å². The van der Waals surface area contributed by atoms with Gasteiger partial charge in [0.15, 0.2) is 0 Å². The van der Waals surface area contributed by atoms with E-state index in [0.29, 0.717) is 11.5 Å². The van der Waals surface area contributed by atoms with E-state index in [4.69, 9.17) is 9.15 Å². The summed E-state index contributed by atoms with van der Waals surface area (Å²) in [6.45, 7) is 6.22. The summed E-state index contributed by atoms with van der Waals surface area (Å²) in [6.07, 6.45) is 0. The monoisotopic (exact) mass is 275 g/mol. The standard InChI is InChI=1S/C16H21NO3/c1-9(2)14(17-4)13-8-11-7-12(16(18)19-5)6-10(3)15(11)20-13/h6-9,14,17H,1-5H3. The van der Waals surface area contributed by atoms with Gasteiger partial charge in [0.2, 0.25) is 0 Å². The molecule has 2 rings (SSSR count). The normalized spacial score (nSPS) is 12.9. The summed E-state index contributed by atoms with van der Waals surface area (Å²) < 4.78 is 10.7. The highest BCUT2D eigenvalue weighted by molar-refractivity contribution is 5.95. The van der Waals surface area contributed by atoms with Crippen LogP contribution >= 0.6 is 0 Å².